The Kier molecular flexibility index (Phi) is 5.23. The average molecular weight is 401 g/mol. The van der Waals surface area contributed by atoms with Crippen LogP contribution in [0.2, 0.25) is 0 Å². The molecule has 2 aromatic rings. The first-order chi connectivity index (χ1) is 13.5. The molecule has 148 valence electrons. The van der Waals surface area contributed by atoms with Gasteiger partial charge in [0.1, 0.15) is 5.75 Å². The molecule has 28 heavy (non-hydrogen) atoms. The number of hydrogen-bond acceptors (Lipinski definition) is 6. The van der Waals surface area contributed by atoms with E-state index in [4.69, 9.17) is 9.17 Å². The first-order valence-electron chi connectivity index (χ1n) is 9.45. The zero-order valence-electron chi connectivity index (χ0n) is 16.1. The van der Waals surface area contributed by atoms with Crippen LogP contribution in [0.3, 0.4) is 0 Å². The number of benzene rings is 1. The van der Waals surface area contributed by atoms with E-state index in [2.05, 4.69) is 22.2 Å². The number of fused-ring (bicyclic) bond motifs is 2. The summed E-state index contributed by atoms with van der Waals surface area (Å²) >= 11 is 0. The molecule has 1 aliphatic heterocycles. The van der Waals surface area contributed by atoms with Crippen LogP contribution in [0.1, 0.15) is 35.2 Å². The molecule has 0 amide bonds. The third-order valence-corrected chi connectivity index (χ3v) is 6.29. The summed E-state index contributed by atoms with van der Waals surface area (Å²) in [5.41, 5.74) is 7.10. The van der Waals surface area contributed by atoms with E-state index in [0.717, 1.165) is 62.7 Å². The van der Waals surface area contributed by atoms with Gasteiger partial charge in [-0.2, -0.15) is 8.42 Å². The van der Waals surface area contributed by atoms with Crippen LogP contribution >= 0.6 is 0 Å². The van der Waals surface area contributed by atoms with Gasteiger partial charge < -0.3 is 9.08 Å². The van der Waals surface area contributed by atoms with Crippen molar-refractivity contribution in [2.45, 2.75) is 25.7 Å². The van der Waals surface area contributed by atoms with Crippen molar-refractivity contribution in [2.75, 3.05) is 27.2 Å². The molecular weight excluding hydrogens is 376 g/mol. The maximum absolute atomic E-state index is 11.7. The predicted octanol–water partition coefficient (Wildman–Crippen LogP) is 2.98. The number of nitrogens with zero attached hydrogens (tertiary/aromatic N) is 2. The molecule has 0 radical (unpaired) electrons. The van der Waals surface area contributed by atoms with E-state index in [0.29, 0.717) is 0 Å². The lowest BCUT2D eigenvalue weighted by molar-refractivity contribution is 0.313. The van der Waals surface area contributed by atoms with E-state index in [1.165, 1.54) is 16.7 Å². The van der Waals surface area contributed by atoms with Crippen LogP contribution in [0.5, 0.6) is 5.75 Å². The van der Waals surface area contributed by atoms with Crippen molar-refractivity contribution >= 4 is 16.0 Å². The molecule has 1 fully saturated rings. The van der Waals surface area contributed by atoms with Crippen LogP contribution in [0, 0.1) is 0 Å². The Morgan fingerprint density at radius 3 is 2.54 bits per heavy atom. The molecule has 0 bridgehead atoms. The van der Waals surface area contributed by atoms with Gasteiger partial charge in [-0.3, -0.25) is 4.98 Å². The van der Waals surface area contributed by atoms with Crippen LogP contribution in [-0.2, 0) is 27.4 Å². The molecule has 0 saturated carbocycles. The Balaban J connectivity index is 1.83. The Labute approximate surface area is 166 Å². The first-order valence-corrected chi connectivity index (χ1v) is 10.8. The second kappa shape index (κ2) is 7.66. The SMILES string of the molecule is COS(=O)(=O)Oc1ccc2c(c1)CCc1cccnc1C2=C1CCN(C)CC1. The largest absolute Gasteiger partial charge is 0.448 e. The zero-order chi connectivity index (χ0) is 19.7. The number of pyridine rings is 1. The van der Waals surface area contributed by atoms with Gasteiger partial charge in [-0.15, -0.1) is 0 Å². The monoisotopic (exact) mass is 400 g/mol. The highest BCUT2D eigenvalue weighted by Gasteiger charge is 2.25. The maximum atomic E-state index is 11.7. The quantitative estimate of drug-likeness (QED) is 0.789. The fraction of sp³-hybridized carbons (Fsp3) is 0.381. The van der Waals surface area contributed by atoms with E-state index < -0.39 is 10.4 Å². The third-order valence-electron chi connectivity index (χ3n) is 5.48. The van der Waals surface area contributed by atoms with Crippen molar-refractivity contribution in [2.24, 2.45) is 0 Å². The topological polar surface area (TPSA) is 68.7 Å². The number of aromatic nitrogens is 1. The molecule has 7 heteroatoms. The van der Waals surface area contributed by atoms with Crippen molar-refractivity contribution in [3.05, 3.63) is 64.5 Å². The molecular formula is C21H24N2O4S. The molecule has 6 nitrogen and oxygen atoms in total. The van der Waals surface area contributed by atoms with Gasteiger partial charge in [-0.05, 0) is 67.6 Å². The van der Waals surface area contributed by atoms with Gasteiger partial charge in [0.15, 0.2) is 0 Å². The lowest BCUT2D eigenvalue weighted by atomic mass is 9.88. The molecule has 1 aromatic heterocycles. The van der Waals surface area contributed by atoms with Crippen LogP contribution < -0.4 is 4.18 Å². The summed E-state index contributed by atoms with van der Waals surface area (Å²) in [7, 11) is -0.797. The molecule has 4 rings (SSSR count). The molecule has 0 unspecified atom stereocenters. The summed E-state index contributed by atoms with van der Waals surface area (Å²) in [5.74, 6) is 0.271. The fourth-order valence-electron chi connectivity index (χ4n) is 3.98. The lowest BCUT2D eigenvalue weighted by Crippen LogP contribution is -2.27. The first kappa shape index (κ1) is 19.1. The normalized spacial score (nSPS) is 17.6. The smallest absolute Gasteiger partial charge is 0.362 e. The highest BCUT2D eigenvalue weighted by molar-refractivity contribution is 7.82. The van der Waals surface area contributed by atoms with Crippen molar-refractivity contribution < 1.29 is 16.8 Å². The Hall–Kier alpha value is -2.22. The molecule has 0 spiro atoms. The summed E-state index contributed by atoms with van der Waals surface area (Å²) in [6.45, 7) is 2.06. The van der Waals surface area contributed by atoms with Crippen LogP contribution in [-0.4, -0.2) is 45.5 Å². The standard InChI is InChI=1S/C21H24N2O4S/c1-23-12-9-15(10-13-23)20-19-8-7-18(27-28(24,25)26-2)14-17(19)6-5-16-4-3-11-22-21(16)20/h3-4,7-8,11,14H,5-6,9-10,12-13H2,1-2H3. The Morgan fingerprint density at radius 1 is 1.04 bits per heavy atom. The molecule has 2 heterocycles. The highest BCUT2D eigenvalue weighted by Crippen LogP contribution is 2.38. The van der Waals surface area contributed by atoms with Crippen molar-refractivity contribution in [1.82, 2.24) is 9.88 Å². The minimum atomic E-state index is -4.03. The number of rotatable bonds is 3. The number of likely N-dealkylation sites (tertiary alicyclic amines) is 1. The van der Waals surface area contributed by atoms with Crippen molar-refractivity contribution in [3.63, 3.8) is 0 Å². The summed E-state index contributed by atoms with van der Waals surface area (Å²) in [5, 5.41) is 0. The van der Waals surface area contributed by atoms with E-state index in [9.17, 15) is 8.42 Å². The summed E-state index contributed by atoms with van der Waals surface area (Å²) in [4.78, 5) is 7.07. The van der Waals surface area contributed by atoms with Crippen LogP contribution in [0.4, 0.5) is 0 Å². The average Bonchev–Trinajstić information content (AvgIpc) is 2.85. The number of aryl methyl sites for hydroxylation is 2. The van der Waals surface area contributed by atoms with E-state index in [-0.39, 0.29) is 5.75 Å². The molecule has 0 atom stereocenters. The molecule has 1 aromatic carbocycles. The van der Waals surface area contributed by atoms with Crippen LogP contribution in [0.25, 0.3) is 5.57 Å². The summed E-state index contributed by atoms with van der Waals surface area (Å²) in [6, 6.07) is 9.58. The molecule has 1 aliphatic carbocycles. The van der Waals surface area contributed by atoms with Crippen molar-refractivity contribution in [1.29, 1.82) is 0 Å². The van der Waals surface area contributed by atoms with Gasteiger partial charge in [0.05, 0.1) is 12.8 Å². The Morgan fingerprint density at radius 2 is 1.79 bits per heavy atom. The third kappa shape index (κ3) is 3.83. The van der Waals surface area contributed by atoms with Gasteiger partial charge in [-0.1, -0.05) is 17.7 Å². The van der Waals surface area contributed by atoms with Crippen LogP contribution in [0.15, 0.2) is 42.1 Å². The molecule has 2 aliphatic rings. The van der Waals surface area contributed by atoms with Gasteiger partial charge >= 0.3 is 10.4 Å². The van der Waals surface area contributed by atoms with Gasteiger partial charge in [0.25, 0.3) is 0 Å². The summed E-state index contributed by atoms with van der Waals surface area (Å²) < 4.78 is 32.8. The van der Waals surface area contributed by atoms with Gasteiger partial charge in [0, 0.05) is 24.9 Å². The van der Waals surface area contributed by atoms with E-state index in [1.54, 1.807) is 6.07 Å². The second-order valence-corrected chi connectivity index (χ2v) is 8.59. The molecule has 1 saturated heterocycles. The van der Waals surface area contributed by atoms with Crippen molar-refractivity contribution in [3.8, 4) is 5.75 Å². The second-order valence-electron chi connectivity index (χ2n) is 7.27. The minimum absolute atomic E-state index is 0.271. The fourth-order valence-corrected chi connectivity index (χ4v) is 4.39. The summed E-state index contributed by atoms with van der Waals surface area (Å²) in [6.07, 6.45) is 5.53. The lowest BCUT2D eigenvalue weighted by Gasteiger charge is -2.27. The predicted molar refractivity (Wildman–Crippen MR) is 107 cm³/mol. The van der Waals surface area contributed by atoms with E-state index in [1.807, 2.05) is 24.4 Å². The van der Waals surface area contributed by atoms with E-state index >= 15 is 0 Å². The van der Waals surface area contributed by atoms with Gasteiger partial charge in [-0.25, -0.2) is 4.18 Å². The Bertz CT molecular complexity index is 1020. The highest BCUT2D eigenvalue weighted by atomic mass is 32.3. The number of hydrogen-bond donors (Lipinski definition) is 0. The number of piperidine rings is 1. The zero-order valence-corrected chi connectivity index (χ0v) is 17.0. The van der Waals surface area contributed by atoms with Gasteiger partial charge in [0.2, 0.25) is 0 Å². The minimum Gasteiger partial charge on any atom is -0.362 e. The molecule has 0 N–H and O–H groups in total. The maximum Gasteiger partial charge on any atom is 0.448 e.